The van der Waals surface area contributed by atoms with Crippen molar-refractivity contribution in [2.24, 2.45) is 0 Å². The maximum atomic E-state index is 11.8. The predicted octanol–water partition coefficient (Wildman–Crippen LogP) is 4.42. The molecule has 6 nitrogen and oxygen atoms in total. The summed E-state index contributed by atoms with van der Waals surface area (Å²) in [7, 11) is 0. The van der Waals surface area contributed by atoms with Crippen LogP contribution in [0.15, 0.2) is 59.5 Å². The molecule has 0 saturated heterocycles. The number of fused-ring (bicyclic) bond motifs is 1. The SMILES string of the molecule is Nc1cc[nH]c(=O)c1-c1nc2cc(Cl)c(Cl)cc2[nH]1.OCCCc1ccccc1. The number of H-pyrrole nitrogens is 2. The van der Waals surface area contributed by atoms with Crippen molar-refractivity contribution in [2.45, 2.75) is 12.8 Å². The smallest absolute Gasteiger partial charge is 0.261 e. The standard InChI is InChI=1S/C12H8Cl2N4O.C9H12O/c13-5-3-8-9(4-6(5)14)18-11(17-8)10-7(15)1-2-16-12(10)19;10-8-4-7-9-5-2-1-3-6-9/h1-4H,(H,17,18)(H3,15,16,19);1-3,5-6,10H,4,7-8H2. The van der Waals surface area contributed by atoms with E-state index in [2.05, 4.69) is 27.1 Å². The third kappa shape index (κ3) is 5.17. The van der Waals surface area contributed by atoms with Gasteiger partial charge < -0.3 is 20.8 Å². The van der Waals surface area contributed by atoms with E-state index in [1.807, 2.05) is 18.2 Å². The lowest BCUT2D eigenvalue weighted by molar-refractivity contribution is 0.288. The van der Waals surface area contributed by atoms with Crippen LogP contribution in [0.25, 0.3) is 22.4 Å². The Balaban J connectivity index is 0.000000204. The zero-order valence-corrected chi connectivity index (χ0v) is 17.0. The van der Waals surface area contributed by atoms with E-state index < -0.39 is 0 Å². The van der Waals surface area contributed by atoms with Gasteiger partial charge in [-0.3, -0.25) is 4.79 Å². The van der Waals surface area contributed by atoms with Crippen molar-refractivity contribution < 1.29 is 5.11 Å². The Kier molecular flexibility index (Phi) is 6.93. The van der Waals surface area contributed by atoms with E-state index in [1.54, 1.807) is 18.2 Å². The van der Waals surface area contributed by atoms with E-state index >= 15 is 0 Å². The zero-order valence-electron chi connectivity index (χ0n) is 15.5. The van der Waals surface area contributed by atoms with Gasteiger partial charge >= 0.3 is 0 Å². The predicted molar refractivity (Wildman–Crippen MR) is 118 cm³/mol. The molecule has 0 spiro atoms. The van der Waals surface area contributed by atoms with E-state index in [4.69, 9.17) is 34.0 Å². The number of nitrogens with two attached hydrogens (primary N) is 1. The molecule has 0 radical (unpaired) electrons. The summed E-state index contributed by atoms with van der Waals surface area (Å²) in [6, 6.07) is 15.1. The lowest BCUT2D eigenvalue weighted by Crippen LogP contribution is -2.11. The normalized spacial score (nSPS) is 10.6. The van der Waals surface area contributed by atoms with Gasteiger partial charge in [0.2, 0.25) is 0 Å². The fourth-order valence-corrected chi connectivity index (χ4v) is 3.11. The van der Waals surface area contributed by atoms with Crippen LogP contribution in [-0.2, 0) is 6.42 Å². The number of pyridine rings is 1. The summed E-state index contributed by atoms with van der Waals surface area (Å²) >= 11 is 11.9. The van der Waals surface area contributed by atoms with Gasteiger partial charge in [-0.15, -0.1) is 0 Å². The number of aliphatic hydroxyl groups is 1. The lowest BCUT2D eigenvalue weighted by atomic mass is 10.1. The van der Waals surface area contributed by atoms with E-state index in [9.17, 15) is 4.79 Å². The minimum Gasteiger partial charge on any atom is -0.398 e. The van der Waals surface area contributed by atoms with Gasteiger partial charge in [-0.25, -0.2) is 4.98 Å². The van der Waals surface area contributed by atoms with E-state index in [0.29, 0.717) is 38.2 Å². The maximum absolute atomic E-state index is 11.8. The number of anilines is 1. The number of rotatable bonds is 4. The Morgan fingerprint density at radius 2 is 1.79 bits per heavy atom. The third-order valence-electron chi connectivity index (χ3n) is 4.22. The van der Waals surface area contributed by atoms with E-state index in [1.165, 1.54) is 11.8 Å². The summed E-state index contributed by atoms with van der Waals surface area (Å²) in [5.74, 6) is 0.382. The van der Waals surface area contributed by atoms with Crippen LogP contribution < -0.4 is 11.3 Å². The summed E-state index contributed by atoms with van der Waals surface area (Å²) in [6.45, 7) is 0.287. The number of nitrogen functional groups attached to an aromatic ring is 1. The monoisotopic (exact) mass is 430 g/mol. The molecule has 0 amide bonds. The van der Waals surface area contributed by atoms with Gasteiger partial charge in [-0.1, -0.05) is 53.5 Å². The van der Waals surface area contributed by atoms with Crippen molar-refractivity contribution in [3.05, 3.63) is 80.7 Å². The number of imidazole rings is 1. The number of aromatic nitrogens is 3. The van der Waals surface area contributed by atoms with Crippen LogP contribution in [0.4, 0.5) is 5.69 Å². The number of benzene rings is 2. The van der Waals surface area contributed by atoms with Gasteiger partial charge in [0.15, 0.2) is 0 Å². The van der Waals surface area contributed by atoms with Crippen molar-refractivity contribution in [1.82, 2.24) is 15.0 Å². The molecule has 0 aliphatic carbocycles. The minimum atomic E-state index is -0.309. The van der Waals surface area contributed by atoms with Crippen LogP contribution in [0.2, 0.25) is 10.0 Å². The molecule has 5 N–H and O–H groups in total. The quantitative estimate of drug-likeness (QED) is 0.384. The summed E-state index contributed by atoms with van der Waals surface area (Å²) in [4.78, 5) is 21.7. The first-order valence-corrected chi connectivity index (χ1v) is 9.72. The number of hydrogen-bond acceptors (Lipinski definition) is 4. The highest BCUT2D eigenvalue weighted by atomic mass is 35.5. The van der Waals surface area contributed by atoms with Crippen molar-refractivity contribution in [1.29, 1.82) is 0 Å². The van der Waals surface area contributed by atoms with Crippen molar-refractivity contribution in [3.63, 3.8) is 0 Å². The van der Waals surface area contributed by atoms with Gasteiger partial charge in [-0.2, -0.15) is 0 Å². The molecule has 2 aromatic heterocycles. The molecule has 0 unspecified atom stereocenters. The fourth-order valence-electron chi connectivity index (χ4n) is 2.79. The highest BCUT2D eigenvalue weighted by Crippen LogP contribution is 2.29. The first kappa shape index (κ1) is 20.9. The van der Waals surface area contributed by atoms with Crippen molar-refractivity contribution in [2.75, 3.05) is 12.3 Å². The lowest BCUT2D eigenvalue weighted by Gasteiger charge is -1.99. The van der Waals surface area contributed by atoms with Crippen LogP contribution >= 0.6 is 23.2 Å². The number of aromatic amines is 2. The number of aryl methyl sites for hydroxylation is 1. The number of hydrogen-bond donors (Lipinski definition) is 4. The Labute approximate surface area is 177 Å². The molecular weight excluding hydrogens is 411 g/mol. The average Bonchev–Trinajstić information content (AvgIpc) is 3.10. The highest BCUT2D eigenvalue weighted by Gasteiger charge is 2.13. The molecule has 0 bridgehead atoms. The van der Waals surface area contributed by atoms with Gasteiger partial charge in [0.1, 0.15) is 11.4 Å². The van der Waals surface area contributed by atoms with E-state index in [-0.39, 0.29) is 12.2 Å². The number of halogens is 2. The van der Waals surface area contributed by atoms with Crippen LogP contribution in [0.1, 0.15) is 12.0 Å². The molecule has 150 valence electrons. The van der Waals surface area contributed by atoms with Crippen molar-refractivity contribution in [3.8, 4) is 11.4 Å². The maximum Gasteiger partial charge on any atom is 0.261 e. The number of nitrogens with one attached hydrogen (secondary N) is 2. The first-order chi connectivity index (χ1) is 14.0. The topological polar surface area (TPSA) is 108 Å². The summed E-state index contributed by atoms with van der Waals surface area (Å²) in [5, 5.41) is 9.35. The second-order valence-electron chi connectivity index (χ2n) is 6.32. The Hall–Kier alpha value is -2.80. The van der Waals surface area contributed by atoms with Gasteiger partial charge in [0, 0.05) is 18.5 Å². The minimum absolute atomic E-state index is 0.287. The molecule has 4 rings (SSSR count). The molecule has 0 atom stereocenters. The second-order valence-corrected chi connectivity index (χ2v) is 7.13. The van der Waals surface area contributed by atoms with Crippen molar-refractivity contribution >= 4 is 39.9 Å². The first-order valence-electron chi connectivity index (χ1n) is 8.96. The molecule has 2 heterocycles. The molecule has 0 aliphatic rings. The van der Waals surface area contributed by atoms with Crippen LogP contribution in [0, 0.1) is 0 Å². The average molecular weight is 431 g/mol. The Morgan fingerprint density at radius 1 is 1.07 bits per heavy atom. The van der Waals surface area contributed by atoms with Crippen LogP contribution in [-0.4, -0.2) is 26.7 Å². The third-order valence-corrected chi connectivity index (χ3v) is 4.94. The molecule has 0 fully saturated rings. The molecule has 0 aliphatic heterocycles. The summed E-state index contributed by atoms with van der Waals surface area (Å²) in [5.41, 5.74) is 8.75. The van der Waals surface area contributed by atoms with E-state index in [0.717, 1.165) is 12.8 Å². The highest BCUT2D eigenvalue weighted by molar-refractivity contribution is 6.42. The largest absolute Gasteiger partial charge is 0.398 e. The molecule has 4 aromatic rings. The zero-order chi connectivity index (χ0) is 20.8. The Bertz CT molecular complexity index is 1120. The molecule has 0 saturated carbocycles. The summed E-state index contributed by atoms with van der Waals surface area (Å²) < 4.78 is 0. The van der Waals surface area contributed by atoms with Gasteiger partial charge in [0.05, 0.1) is 21.1 Å². The molecular formula is C21H20Cl2N4O2. The molecule has 8 heteroatoms. The van der Waals surface area contributed by atoms with Gasteiger partial charge in [0.25, 0.3) is 5.56 Å². The fraction of sp³-hybridized carbons (Fsp3) is 0.143. The van der Waals surface area contributed by atoms with Gasteiger partial charge in [-0.05, 0) is 36.6 Å². The molecule has 2 aromatic carbocycles. The summed E-state index contributed by atoms with van der Waals surface area (Å²) in [6.07, 6.45) is 3.33. The molecule has 29 heavy (non-hydrogen) atoms. The van der Waals surface area contributed by atoms with Crippen LogP contribution in [0.5, 0.6) is 0 Å². The second kappa shape index (κ2) is 9.60. The van der Waals surface area contributed by atoms with Crippen LogP contribution in [0.3, 0.4) is 0 Å². The Morgan fingerprint density at radius 3 is 2.48 bits per heavy atom. The number of nitrogens with zero attached hydrogens (tertiary/aromatic N) is 1. The number of aliphatic hydroxyl groups excluding tert-OH is 1.